The molecule has 1 heterocycles. The van der Waals surface area contributed by atoms with Crippen molar-refractivity contribution in [1.82, 2.24) is 10.3 Å². The minimum absolute atomic E-state index is 0.0742. The number of nitrogens with zero attached hydrogens (tertiary/aromatic N) is 1. The average molecular weight is 291 g/mol. The Hall–Kier alpha value is -1.58. The molecule has 0 fully saturated rings. The number of hydrogen-bond donors (Lipinski definition) is 1. The molecule has 0 bridgehead atoms. The van der Waals surface area contributed by atoms with Crippen molar-refractivity contribution in [2.45, 2.75) is 19.4 Å². The van der Waals surface area contributed by atoms with Crippen molar-refractivity contribution < 1.29 is 4.74 Å². The first-order valence-corrected chi connectivity index (χ1v) is 7.10. The van der Waals surface area contributed by atoms with Gasteiger partial charge in [0.25, 0.3) is 0 Å². The van der Waals surface area contributed by atoms with E-state index >= 15 is 0 Å². The van der Waals surface area contributed by atoms with Crippen LogP contribution in [-0.4, -0.2) is 18.6 Å². The first-order chi connectivity index (χ1) is 9.76. The summed E-state index contributed by atoms with van der Waals surface area (Å²) in [4.78, 5) is 4.11. The third-order valence-corrected chi connectivity index (χ3v) is 3.40. The fourth-order valence-corrected chi connectivity index (χ4v) is 2.28. The quantitative estimate of drug-likeness (QED) is 0.878. The summed E-state index contributed by atoms with van der Waals surface area (Å²) < 4.78 is 5.42. The number of hydrogen-bond acceptors (Lipinski definition) is 3. The van der Waals surface area contributed by atoms with E-state index in [1.54, 1.807) is 19.5 Å². The first-order valence-electron chi connectivity index (χ1n) is 6.73. The zero-order valence-electron chi connectivity index (χ0n) is 11.8. The Bertz CT molecular complexity index is 542. The van der Waals surface area contributed by atoms with Gasteiger partial charge in [0.2, 0.25) is 0 Å². The van der Waals surface area contributed by atoms with Crippen LogP contribution in [0.25, 0.3) is 0 Å². The van der Waals surface area contributed by atoms with Gasteiger partial charge in [0.05, 0.1) is 19.3 Å². The molecule has 1 aromatic heterocycles. The molecule has 0 amide bonds. The van der Waals surface area contributed by atoms with Crippen molar-refractivity contribution in [1.29, 1.82) is 0 Å². The second kappa shape index (κ2) is 7.27. The number of methoxy groups -OCH3 is 1. The number of halogens is 1. The highest BCUT2D eigenvalue weighted by atomic mass is 35.5. The molecular formula is C16H19ClN2O. The molecular weight excluding hydrogens is 272 g/mol. The third kappa shape index (κ3) is 3.50. The minimum atomic E-state index is 0.0742. The molecule has 0 radical (unpaired) electrons. The maximum Gasteiger partial charge on any atom is 0.142 e. The van der Waals surface area contributed by atoms with Gasteiger partial charge in [-0.2, -0.15) is 0 Å². The van der Waals surface area contributed by atoms with Gasteiger partial charge in [0.1, 0.15) is 5.75 Å². The lowest BCUT2D eigenvalue weighted by Gasteiger charge is -2.21. The molecule has 1 atom stereocenters. The largest absolute Gasteiger partial charge is 0.495 e. The Kier molecular flexibility index (Phi) is 5.39. The molecule has 2 aromatic rings. The molecule has 0 spiro atoms. The Morgan fingerprint density at radius 1 is 1.25 bits per heavy atom. The highest BCUT2D eigenvalue weighted by Gasteiger charge is 2.17. The van der Waals surface area contributed by atoms with E-state index in [1.165, 1.54) is 0 Å². The summed E-state index contributed by atoms with van der Waals surface area (Å²) in [5.41, 5.74) is 2.24. The van der Waals surface area contributed by atoms with Gasteiger partial charge < -0.3 is 10.1 Å². The lowest BCUT2D eigenvalue weighted by atomic mass is 9.98. The Labute approximate surface area is 124 Å². The molecule has 2 rings (SSSR count). The van der Waals surface area contributed by atoms with Crippen molar-refractivity contribution >= 4 is 11.6 Å². The first kappa shape index (κ1) is 14.8. The second-order valence-electron chi connectivity index (χ2n) is 4.56. The van der Waals surface area contributed by atoms with E-state index in [4.69, 9.17) is 16.3 Å². The van der Waals surface area contributed by atoms with Crippen LogP contribution in [0.4, 0.5) is 0 Å². The normalized spacial score (nSPS) is 12.2. The second-order valence-corrected chi connectivity index (χ2v) is 4.99. The van der Waals surface area contributed by atoms with E-state index in [0.29, 0.717) is 0 Å². The van der Waals surface area contributed by atoms with E-state index in [2.05, 4.69) is 17.2 Å². The van der Waals surface area contributed by atoms with Crippen LogP contribution in [0.3, 0.4) is 0 Å². The van der Waals surface area contributed by atoms with Crippen molar-refractivity contribution in [3.63, 3.8) is 0 Å². The number of nitrogens with one attached hydrogen (secondary N) is 1. The van der Waals surface area contributed by atoms with Gasteiger partial charge in [-0.15, -0.1) is 0 Å². The molecule has 0 aliphatic rings. The summed E-state index contributed by atoms with van der Waals surface area (Å²) in [5, 5.41) is 4.29. The summed E-state index contributed by atoms with van der Waals surface area (Å²) >= 11 is 5.97. The standard InChI is InChI=1S/C16H19ClN2O/c1-3-9-19-16(12-4-6-13(17)7-5-12)14-8-10-18-11-15(14)20-2/h4-8,10-11,16,19H,3,9H2,1-2H3. The van der Waals surface area contributed by atoms with Crippen LogP contribution >= 0.6 is 11.6 Å². The fraction of sp³-hybridized carbons (Fsp3) is 0.312. The maximum absolute atomic E-state index is 5.97. The van der Waals surface area contributed by atoms with Crippen LogP contribution in [0.2, 0.25) is 5.02 Å². The van der Waals surface area contributed by atoms with Crippen molar-refractivity contribution in [2.75, 3.05) is 13.7 Å². The molecule has 106 valence electrons. The van der Waals surface area contributed by atoms with E-state index in [0.717, 1.165) is 34.9 Å². The summed E-state index contributed by atoms with van der Waals surface area (Å²) in [5.74, 6) is 0.788. The van der Waals surface area contributed by atoms with E-state index in [-0.39, 0.29) is 6.04 Å². The monoisotopic (exact) mass is 290 g/mol. The zero-order valence-corrected chi connectivity index (χ0v) is 12.5. The predicted octanol–water partition coefficient (Wildman–Crippen LogP) is 3.83. The zero-order chi connectivity index (χ0) is 14.4. The molecule has 1 unspecified atom stereocenters. The van der Waals surface area contributed by atoms with Crippen LogP contribution in [-0.2, 0) is 0 Å². The Morgan fingerprint density at radius 2 is 2.00 bits per heavy atom. The third-order valence-electron chi connectivity index (χ3n) is 3.15. The highest BCUT2D eigenvalue weighted by Crippen LogP contribution is 2.29. The number of aromatic nitrogens is 1. The van der Waals surface area contributed by atoms with Crippen LogP contribution in [0.1, 0.15) is 30.5 Å². The SMILES string of the molecule is CCCNC(c1ccc(Cl)cc1)c1ccncc1OC. The molecule has 0 aliphatic heterocycles. The van der Waals surface area contributed by atoms with E-state index in [9.17, 15) is 0 Å². The molecule has 1 N–H and O–H groups in total. The van der Waals surface area contributed by atoms with Crippen LogP contribution in [0, 0.1) is 0 Å². The fourth-order valence-electron chi connectivity index (χ4n) is 2.15. The topological polar surface area (TPSA) is 34.2 Å². The molecule has 0 aliphatic carbocycles. The van der Waals surface area contributed by atoms with Gasteiger partial charge in [-0.3, -0.25) is 4.98 Å². The molecule has 0 saturated heterocycles. The summed E-state index contributed by atoms with van der Waals surface area (Å²) in [6.07, 6.45) is 4.60. The molecule has 20 heavy (non-hydrogen) atoms. The van der Waals surface area contributed by atoms with Crippen LogP contribution in [0.15, 0.2) is 42.7 Å². The van der Waals surface area contributed by atoms with Gasteiger partial charge in [-0.25, -0.2) is 0 Å². The summed E-state index contributed by atoms with van der Waals surface area (Å²) in [6.45, 7) is 3.08. The maximum atomic E-state index is 5.97. The molecule has 1 aromatic carbocycles. The van der Waals surface area contributed by atoms with E-state index in [1.807, 2.05) is 30.3 Å². The van der Waals surface area contributed by atoms with Crippen LogP contribution < -0.4 is 10.1 Å². The van der Waals surface area contributed by atoms with Gasteiger partial charge in [0.15, 0.2) is 0 Å². The van der Waals surface area contributed by atoms with Crippen molar-refractivity contribution in [2.24, 2.45) is 0 Å². The van der Waals surface area contributed by atoms with Crippen molar-refractivity contribution in [3.8, 4) is 5.75 Å². The Morgan fingerprint density at radius 3 is 2.65 bits per heavy atom. The lowest BCUT2D eigenvalue weighted by Crippen LogP contribution is -2.23. The predicted molar refractivity (Wildman–Crippen MR) is 82.4 cm³/mol. The van der Waals surface area contributed by atoms with Gasteiger partial charge in [-0.05, 0) is 36.7 Å². The number of benzene rings is 1. The number of rotatable bonds is 6. The Balaban J connectivity index is 2.38. The number of pyridine rings is 1. The highest BCUT2D eigenvalue weighted by molar-refractivity contribution is 6.30. The lowest BCUT2D eigenvalue weighted by molar-refractivity contribution is 0.402. The molecule has 4 heteroatoms. The molecule has 3 nitrogen and oxygen atoms in total. The van der Waals surface area contributed by atoms with Gasteiger partial charge >= 0.3 is 0 Å². The van der Waals surface area contributed by atoms with Crippen molar-refractivity contribution in [3.05, 3.63) is 58.9 Å². The average Bonchev–Trinajstić information content (AvgIpc) is 2.50. The van der Waals surface area contributed by atoms with E-state index < -0.39 is 0 Å². The summed E-state index contributed by atoms with van der Waals surface area (Å²) in [6, 6.07) is 9.95. The van der Waals surface area contributed by atoms with Gasteiger partial charge in [0, 0.05) is 16.8 Å². The minimum Gasteiger partial charge on any atom is -0.495 e. The van der Waals surface area contributed by atoms with Crippen LogP contribution in [0.5, 0.6) is 5.75 Å². The number of ether oxygens (including phenoxy) is 1. The van der Waals surface area contributed by atoms with Gasteiger partial charge in [-0.1, -0.05) is 30.7 Å². The molecule has 0 saturated carbocycles. The summed E-state index contributed by atoms with van der Waals surface area (Å²) in [7, 11) is 1.67. The smallest absolute Gasteiger partial charge is 0.142 e.